The lowest BCUT2D eigenvalue weighted by Crippen LogP contribution is -2.70. The third-order valence-electron chi connectivity index (χ3n) is 12.5. The Bertz CT molecular complexity index is 2480. The molecule has 1 aromatic heterocycles. The predicted molar refractivity (Wildman–Crippen MR) is 241 cm³/mol. The van der Waals surface area contributed by atoms with Gasteiger partial charge in [-0.2, -0.15) is 4.57 Å². The highest BCUT2D eigenvalue weighted by Crippen LogP contribution is 2.51. The summed E-state index contributed by atoms with van der Waals surface area (Å²) in [6.45, 7) is 18.1. The van der Waals surface area contributed by atoms with Gasteiger partial charge in [0.1, 0.15) is 0 Å². The van der Waals surface area contributed by atoms with Crippen molar-refractivity contribution in [3.8, 4) is 67.6 Å². The van der Waals surface area contributed by atoms with Gasteiger partial charge in [0.05, 0.1) is 11.0 Å². The summed E-state index contributed by atoms with van der Waals surface area (Å²) in [4.78, 5) is 0. The first-order valence-corrected chi connectivity index (χ1v) is 21.0. The molecule has 1 aliphatic rings. The van der Waals surface area contributed by atoms with E-state index < -0.39 is 0 Å². The summed E-state index contributed by atoms with van der Waals surface area (Å²) in [5.41, 5.74) is 18.5. The summed E-state index contributed by atoms with van der Waals surface area (Å²) < 4.78 is 2.60. The van der Waals surface area contributed by atoms with Crippen molar-refractivity contribution in [2.24, 2.45) is 0 Å². The number of hydrogen-bond acceptors (Lipinski definition) is 0. The van der Waals surface area contributed by atoms with E-state index in [1.807, 2.05) is 0 Å². The van der Waals surface area contributed by atoms with E-state index in [4.69, 9.17) is 0 Å². The first-order valence-electron chi connectivity index (χ1n) is 21.0. The molecule has 0 aliphatic carbocycles. The highest BCUT2D eigenvalue weighted by atomic mass is 15.1. The van der Waals surface area contributed by atoms with Gasteiger partial charge in [0.15, 0.2) is 5.69 Å². The largest absolute Gasteiger partial charge is 0.237 e. The molecule has 56 heavy (non-hydrogen) atoms. The number of hydrogen-bond donors (Lipinski definition) is 0. The summed E-state index contributed by atoms with van der Waals surface area (Å²) in [5.74, 6) is 7.45. The Morgan fingerprint density at radius 2 is 1.23 bits per heavy atom. The number of nitrogens with zero attached hydrogens (tertiary/aromatic N) is 1. The molecule has 1 heteroatoms. The van der Waals surface area contributed by atoms with E-state index in [1.165, 1.54) is 96.6 Å². The molecule has 5 aromatic carbocycles. The second-order valence-corrected chi connectivity index (χ2v) is 16.0. The fraction of sp³-hybridized carbons (Fsp3) is 0.291. The summed E-state index contributed by atoms with van der Waals surface area (Å²) in [6.07, 6.45) is 10.7. The van der Waals surface area contributed by atoms with Gasteiger partial charge in [-0.15, -0.1) is 0 Å². The zero-order valence-electron chi connectivity index (χ0n) is 34.9. The number of allylic oxidation sites excluding steroid dienone is 1. The lowest BCUT2D eigenvalue weighted by atomic mass is 9.59. The number of fused-ring (bicyclic) bond motifs is 3. The Morgan fingerprint density at radius 1 is 0.625 bits per heavy atom. The maximum atomic E-state index is 3.89. The fourth-order valence-electron chi connectivity index (χ4n) is 9.28. The maximum Gasteiger partial charge on any atom is 0.237 e. The zero-order chi connectivity index (χ0) is 39.5. The molecule has 0 radical (unpaired) electrons. The quantitative estimate of drug-likeness (QED) is 0.0975. The van der Waals surface area contributed by atoms with Crippen LogP contribution in [0.4, 0.5) is 0 Å². The molecule has 2 atom stereocenters. The molecule has 0 saturated heterocycles. The van der Waals surface area contributed by atoms with E-state index in [0.717, 1.165) is 25.7 Å². The Morgan fingerprint density at radius 3 is 1.86 bits per heavy atom. The van der Waals surface area contributed by atoms with E-state index in [0.29, 0.717) is 0 Å². The summed E-state index contributed by atoms with van der Waals surface area (Å²) in [7, 11) is 0. The normalized spacial score (nSPS) is 17.3. The highest BCUT2D eigenvalue weighted by Gasteiger charge is 2.59. The predicted octanol–water partition coefficient (Wildman–Crippen LogP) is 14.5. The van der Waals surface area contributed by atoms with Crippen LogP contribution in [0.1, 0.15) is 102 Å². The van der Waals surface area contributed by atoms with Gasteiger partial charge < -0.3 is 0 Å². The molecule has 282 valence electrons. The SMILES string of the molecule is CC=Cc1ccc2[n+](c1C)C(C#CCC)(CC)C(C)(CC)c1ccc(-c3cccc(-c4cc(-c5cccc(C)c5)cc(-c5cccc(CCCC)c5)c4)c3)cc1-2. The molecule has 1 nitrogen and oxygen atoms in total. The molecule has 2 unspecified atom stereocenters. The van der Waals surface area contributed by atoms with Crippen LogP contribution >= 0.6 is 0 Å². The first-order chi connectivity index (χ1) is 27.2. The monoisotopic (exact) mass is 732 g/mol. The van der Waals surface area contributed by atoms with Crippen LogP contribution in [0.5, 0.6) is 0 Å². The summed E-state index contributed by atoms with van der Waals surface area (Å²) in [6, 6.07) is 46.2. The van der Waals surface area contributed by atoms with Crippen LogP contribution in [0.15, 0.2) is 127 Å². The van der Waals surface area contributed by atoms with Crippen LogP contribution in [-0.4, -0.2) is 0 Å². The minimum Gasteiger partial charge on any atom is -0.177 e. The number of aryl methyl sites for hydroxylation is 2. The van der Waals surface area contributed by atoms with Crippen LogP contribution < -0.4 is 4.57 Å². The van der Waals surface area contributed by atoms with Gasteiger partial charge in [0.2, 0.25) is 11.2 Å². The Labute approximate surface area is 337 Å². The Kier molecular flexibility index (Phi) is 11.3. The van der Waals surface area contributed by atoms with Gasteiger partial charge >= 0.3 is 0 Å². The number of benzene rings is 5. The molecule has 6 aromatic rings. The Balaban J connectivity index is 1.39. The van der Waals surface area contributed by atoms with Gasteiger partial charge in [-0.3, -0.25) is 0 Å². The van der Waals surface area contributed by atoms with Crippen molar-refractivity contribution in [3.05, 3.63) is 155 Å². The van der Waals surface area contributed by atoms with Crippen molar-refractivity contribution in [3.63, 3.8) is 0 Å². The minimum atomic E-state index is -0.362. The minimum absolute atomic E-state index is 0.183. The third-order valence-corrected chi connectivity index (χ3v) is 12.5. The second-order valence-electron chi connectivity index (χ2n) is 16.0. The molecular weight excluding hydrogens is 675 g/mol. The van der Waals surface area contributed by atoms with Crippen molar-refractivity contribution in [1.29, 1.82) is 0 Å². The van der Waals surface area contributed by atoms with E-state index >= 15 is 0 Å². The highest BCUT2D eigenvalue weighted by molar-refractivity contribution is 5.84. The average molecular weight is 733 g/mol. The lowest BCUT2D eigenvalue weighted by molar-refractivity contribution is -0.758. The summed E-state index contributed by atoms with van der Waals surface area (Å²) >= 11 is 0. The molecule has 0 spiro atoms. The van der Waals surface area contributed by atoms with E-state index in [2.05, 4.69) is 205 Å². The van der Waals surface area contributed by atoms with Crippen LogP contribution in [0.25, 0.3) is 61.8 Å². The number of aromatic nitrogens is 1. The number of unbranched alkanes of at least 4 members (excludes halogenated alkanes) is 1. The fourth-order valence-corrected chi connectivity index (χ4v) is 9.28. The molecule has 0 saturated carbocycles. The maximum absolute atomic E-state index is 3.89. The first kappa shape index (κ1) is 38.8. The van der Waals surface area contributed by atoms with Gasteiger partial charge in [-0.1, -0.05) is 137 Å². The lowest BCUT2D eigenvalue weighted by Gasteiger charge is -2.45. The zero-order valence-corrected chi connectivity index (χ0v) is 34.9. The molecule has 0 N–H and O–H groups in total. The van der Waals surface area contributed by atoms with Crippen molar-refractivity contribution in [2.45, 2.75) is 105 Å². The van der Waals surface area contributed by atoms with Crippen LogP contribution in [-0.2, 0) is 17.4 Å². The van der Waals surface area contributed by atoms with Gasteiger partial charge in [0.25, 0.3) is 0 Å². The van der Waals surface area contributed by atoms with Crippen molar-refractivity contribution >= 4 is 6.08 Å². The van der Waals surface area contributed by atoms with Crippen molar-refractivity contribution in [2.75, 3.05) is 0 Å². The molecular formula is C55H58N+. The van der Waals surface area contributed by atoms with E-state index in [-0.39, 0.29) is 11.0 Å². The third kappa shape index (κ3) is 6.96. The van der Waals surface area contributed by atoms with Gasteiger partial charge in [0, 0.05) is 31.4 Å². The van der Waals surface area contributed by atoms with Crippen LogP contribution in [0.3, 0.4) is 0 Å². The molecule has 0 fully saturated rings. The second kappa shape index (κ2) is 16.3. The molecule has 2 heterocycles. The van der Waals surface area contributed by atoms with Gasteiger partial charge in [-0.25, -0.2) is 0 Å². The van der Waals surface area contributed by atoms with Crippen molar-refractivity contribution in [1.82, 2.24) is 0 Å². The number of rotatable bonds is 10. The van der Waals surface area contributed by atoms with E-state index in [9.17, 15) is 0 Å². The smallest absolute Gasteiger partial charge is 0.177 e. The van der Waals surface area contributed by atoms with Crippen molar-refractivity contribution < 1.29 is 4.57 Å². The van der Waals surface area contributed by atoms with Crippen LogP contribution in [0.2, 0.25) is 0 Å². The molecule has 1 aliphatic heterocycles. The number of pyridine rings is 1. The molecule has 7 rings (SSSR count). The Hall–Kier alpha value is -5.45. The molecule has 0 bridgehead atoms. The van der Waals surface area contributed by atoms with Gasteiger partial charge in [-0.05, 0) is 138 Å². The average Bonchev–Trinajstić information content (AvgIpc) is 3.23. The van der Waals surface area contributed by atoms with Crippen LogP contribution in [0, 0.1) is 25.7 Å². The topological polar surface area (TPSA) is 3.88 Å². The standard InChI is InChI=1S/C55H58N/c1-9-14-21-41-22-17-24-44(33-41)49-35-48(43-23-16-20-39(6)32-43)36-50(37-49)46-26-18-25-45(34-46)47-27-29-52-51(38-47)53-30-28-42(19-11-3)40(7)56(53)55(13-5,31-15-10-2)54(52,8)12-4/h11,16-20,22-30,32-38H,9-10,12-14,21H2,1-8H3/q+1. The van der Waals surface area contributed by atoms with E-state index in [1.54, 1.807) is 0 Å². The molecule has 0 amide bonds. The summed E-state index contributed by atoms with van der Waals surface area (Å²) in [5, 5.41) is 0.